The number of benzene rings is 1. The number of carbonyl (C=O) groups excluding carboxylic acids is 7. The summed E-state index contributed by atoms with van der Waals surface area (Å²) >= 11 is 0. The molecule has 0 fully saturated rings. The number of nitrogens with one attached hydrogen (secondary N) is 6. The van der Waals surface area contributed by atoms with Crippen molar-refractivity contribution < 1.29 is 71.3 Å². The molecule has 0 bridgehead atoms. The largest absolute Gasteiger partial charge is 0.480 e. The fraction of sp³-hybridized carbons (Fsp3) is 0.600. The first-order valence-electron chi connectivity index (χ1n) is 21.2. The number of aryl methyl sites for hydroxylation is 1. The topological polar surface area (TPSA) is 382 Å². The number of hydrogen-bond acceptors (Lipinski definition) is 16. The lowest BCUT2D eigenvalue weighted by molar-refractivity contribution is -0.143. The highest BCUT2D eigenvalue weighted by Gasteiger charge is 2.25. The lowest BCUT2D eigenvalue weighted by Crippen LogP contribution is -2.45. The summed E-state index contributed by atoms with van der Waals surface area (Å²) in [5.41, 5.74) is 7.67. The number of nitrogens with zero attached hydrogens (tertiary/aromatic N) is 3. The molecule has 0 aliphatic carbocycles. The molecule has 1 aromatic carbocycles. The Balaban J connectivity index is 1.55. The zero-order valence-electron chi connectivity index (χ0n) is 36.7. The maximum atomic E-state index is 12.5. The maximum absolute atomic E-state index is 12.5. The number of primary amides is 1. The van der Waals surface area contributed by atoms with Gasteiger partial charge in [0.15, 0.2) is 0 Å². The average molecular weight is 953 g/mol. The molecule has 25 nitrogen and oxygen atoms in total. The number of ether oxygens (including phenoxy) is 2. The summed E-state index contributed by atoms with van der Waals surface area (Å²) in [4.78, 5) is 109. The van der Waals surface area contributed by atoms with E-state index in [1.165, 1.54) is 0 Å². The fourth-order valence-corrected chi connectivity index (χ4v) is 6.93. The number of rotatable bonds is 35. The van der Waals surface area contributed by atoms with E-state index in [-0.39, 0.29) is 71.0 Å². The number of sulfonamides is 1. The Hall–Kier alpha value is -6.41. The van der Waals surface area contributed by atoms with Crippen LogP contribution in [-0.2, 0) is 57.9 Å². The van der Waals surface area contributed by atoms with Crippen LogP contribution in [0.15, 0.2) is 39.7 Å². The SMILES string of the molecule is Cc1ccc(C(=O)NCCCC[C@H](NC(=O)COCCOCCNC(=O)CC[C@H](NC(=O)CC[C@H](NC(=O)CCCS(=O)(=O)NC(=O)CCCC2=NN=NC2)C(=O)O)C(=O)O)C(N)=O)cc1. The lowest BCUT2D eigenvalue weighted by atomic mass is 10.1. The summed E-state index contributed by atoms with van der Waals surface area (Å²) < 4.78 is 37.0. The molecule has 366 valence electrons. The predicted octanol–water partition coefficient (Wildman–Crippen LogP) is -1.07. The molecule has 0 saturated heterocycles. The third-order valence-electron chi connectivity index (χ3n) is 9.42. The number of carbonyl (C=O) groups is 9. The predicted molar refractivity (Wildman–Crippen MR) is 233 cm³/mol. The van der Waals surface area contributed by atoms with Gasteiger partial charge in [-0.2, -0.15) is 5.11 Å². The van der Waals surface area contributed by atoms with Crippen LogP contribution in [0.3, 0.4) is 0 Å². The number of carboxylic acid groups (broad SMARTS) is 2. The van der Waals surface area contributed by atoms with Crippen molar-refractivity contribution >= 4 is 69.0 Å². The molecule has 1 aliphatic rings. The second kappa shape index (κ2) is 30.7. The molecule has 0 radical (unpaired) electrons. The van der Waals surface area contributed by atoms with Crippen molar-refractivity contribution in [3.05, 3.63) is 35.4 Å². The van der Waals surface area contributed by atoms with Crippen LogP contribution in [0, 0.1) is 6.92 Å². The van der Waals surface area contributed by atoms with Crippen LogP contribution in [-0.4, -0.2) is 148 Å². The molecule has 66 heavy (non-hydrogen) atoms. The first-order chi connectivity index (χ1) is 31.3. The van der Waals surface area contributed by atoms with Crippen LogP contribution >= 0.6 is 0 Å². The second-order valence-corrected chi connectivity index (χ2v) is 16.8. The van der Waals surface area contributed by atoms with Crippen molar-refractivity contribution in [2.75, 3.05) is 51.8 Å². The molecule has 10 N–H and O–H groups in total. The standard InChI is InChI=1S/C40H60N10O15S/c1-26-10-12-27(13-11-26)38(57)43-18-3-2-7-29(37(41)56)45-36(55)25-65-22-21-64-20-19-42-32(51)16-14-30(39(58)59)47-34(53)17-15-31(40(60)61)46-33(52)9-5-23-66(62,63)49-35(54)8-4-6-28-24-44-50-48-28/h10-13,29-31H,2-9,14-25H2,1H3,(H2,41,56)(H,42,51)(H,43,57)(H,45,55)(H,46,52)(H,47,53)(H,49,54)(H,58,59)(H,60,61)/t29-,30-,31-/m0/s1. The van der Waals surface area contributed by atoms with E-state index in [0.29, 0.717) is 50.0 Å². The highest BCUT2D eigenvalue weighted by molar-refractivity contribution is 7.90. The van der Waals surface area contributed by atoms with Crippen molar-refractivity contribution in [1.29, 1.82) is 0 Å². The van der Waals surface area contributed by atoms with Gasteiger partial charge in [0.1, 0.15) is 31.3 Å². The molecule has 2 rings (SSSR count). The summed E-state index contributed by atoms with van der Waals surface area (Å²) in [6, 6.07) is 3.15. The van der Waals surface area contributed by atoms with Gasteiger partial charge in [0.2, 0.25) is 45.5 Å². The number of amides is 7. The minimum Gasteiger partial charge on any atom is -0.480 e. The molecule has 0 unspecified atom stereocenters. The molecule has 26 heteroatoms. The number of unbranched alkanes of at least 4 members (excludes halogenated alkanes) is 1. The van der Waals surface area contributed by atoms with Crippen LogP contribution in [0.25, 0.3) is 0 Å². The fourth-order valence-electron chi connectivity index (χ4n) is 5.86. The van der Waals surface area contributed by atoms with Crippen LogP contribution in [0.4, 0.5) is 0 Å². The van der Waals surface area contributed by atoms with E-state index >= 15 is 0 Å². The number of nitrogens with two attached hydrogens (primary N) is 1. The average Bonchev–Trinajstić information content (AvgIpc) is 3.77. The normalized spacial score (nSPS) is 13.3. The Morgan fingerprint density at radius 3 is 1.91 bits per heavy atom. The van der Waals surface area contributed by atoms with Crippen LogP contribution in [0.2, 0.25) is 0 Å². The summed E-state index contributed by atoms with van der Waals surface area (Å²) in [6.45, 7) is 2.39. The zero-order chi connectivity index (χ0) is 48.9. The summed E-state index contributed by atoms with van der Waals surface area (Å²) in [5.74, 6) is -8.01. The Morgan fingerprint density at radius 2 is 1.29 bits per heavy atom. The third-order valence-corrected chi connectivity index (χ3v) is 10.8. The molecular weight excluding hydrogens is 893 g/mol. The number of hydrogen-bond donors (Lipinski definition) is 9. The summed E-state index contributed by atoms with van der Waals surface area (Å²) in [7, 11) is -4.07. The first kappa shape index (κ1) is 55.7. The van der Waals surface area contributed by atoms with Crippen molar-refractivity contribution in [1.82, 2.24) is 31.3 Å². The smallest absolute Gasteiger partial charge is 0.326 e. The highest BCUT2D eigenvalue weighted by atomic mass is 32.2. The maximum Gasteiger partial charge on any atom is 0.326 e. The van der Waals surface area contributed by atoms with Gasteiger partial charge >= 0.3 is 11.9 Å². The van der Waals surface area contributed by atoms with Crippen molar-refractivity contribution in [3.8, 4) is 0 Å². The van der Waals surface area contributed by atoms with Crippen LogP contribution in [0.1, 0.15) is 93.0 Å². The summed E-state index contributed by atoms with van der Waals surface area (Å²) in [5, 5.41) is 42.2. The van der Waals surface area contributed by atoms with Gasteiger partial charge in [0, 0.05) is 44.3 Å². The molecule has 3 atom stereocenters. The zero-order valence-corrected chi connectivity index (χ0v) is 37.5. The monoisotopic (exact) mass is 952 g/mol. The van der Waals surface area contributed by atoms with E-state index in [4.69, 9.17) is 15.2 Å². The Bertz CT molecular complexity index is 2000. The van der Waals surface area contributed by atoms with Crippen molar-refractivity contribution in [3.63, 3.8) is 0 Å². The van der Waals surface area contributed by atoms with Gasteiger partial charge in [0.05, 0.1) is 31.3 Å². The van der Waals surface area contributed by atoms with Gasteiger partial charge in [-0.3, -0.25) is 38.3 Å². The minimum atomic E-state index is -4.07. The third kappa shape index (κ3) is 25.2. The molecule has 1 aliphatic heterocycles. The lowest BCUT2D eigenvalue weighted by Gasteiger charge is -2.17. The quantitative estimate of drug-likeness (QED) is 0.0366. The molecule has 1 heterocycles. The van der Waals surface area contributed by atoms with Gasteiger partial charge < -0.3 is 52.0 Å². The van der Waals surface area contributed by atoms with E-state index in [9.17, 15) is 61.8 Å². The minimum absolute atomic E-state index is 0.00546. The van der Waals surface area contributed by atoms with Crippen LogP contribution < -0.4 is 37.0 Å². The Kier molecular flexibility index (Phi) is 25.9. The van der Waals surface area contributed by atoms with E-state index in [1.807, 2.05) is 23.8 Å². The highest BCUT2D eigenvalue weighted by Crippen LogP contribution is 2.08. The second-order valence-electron chi connectivity index (χ2n) is 15.0. The Labute approximate surface area is 381 Å². The number of carboxylic acids is 2. The van der Waals surface area contributed by atoms with Gasteiger partial charge in [-0.25, -0.2) is 18.0 Å². The van der Waals surface area contributed by atoms with Gasteiger partial charge in [-0.15, -0.1) is 5.10 Å². The van der Waals surface area contributed by atoms with Crippen LogP contribution in [0.5, 0.6) is 0 Å². The van der Waals surface area contributed by atoms with Gasteiger partial charge in [-0.05, 0) is 75.6 Å². The molecule has 1 aromatic rings. The molecule has 7 amide bonds. The van der Waals surface area contributed by atoms with Gasteiger partial charge in [-0.1, -0.05) is 17.7 Å². The first-order valence-corrected chi connectivity index (χ1v) is 22.9. The molecule has 0 aromatic heterocycles. The van der Waals surface area contributed by atoms with E-state index in [0.717, 1.165) is 5.56 Å². The molecule has 0 spiro atoms. The summed E-state index contributed by atoms with van der Waals surface area (Å²) in [6.07, 6.45) is -0.221. The van der Waals surface area contributed by atoms with Crippen molar-refractivity contribution in [2.24, 2.45) is 21.2 Å². The Morgan fingerprint density at radius 1 is 0.682 bits per heavy atom. The van der Waals surface area contributed by atoms with Crippen molar-refractivity contribution in [2.45, 2.75) is 102 Å². The van der Waals surface area contributed by atoms with E-state index in [1.54, 1.807) is 12.1 Å². The molecular formula is C40H60N10O15S. The molecule has 0 saturated carbocycles. The number of aliphatic carboxylic acids is 2. The van der Waals surface area contributed by atoms with E-state index in [2.05, 4.69) is 42.0 Å². The van der Waals surface area contributed by atoms with E-state index < -0.39 is 101 Å². The van der Waals surface area contributed by atoms with Gasteiger partial charge in [0.25, 0.3) is 5.91 Å².